The Kier molecular flexibility index (Phi) is 5.09. The first kappa shape index (κ1) is 14.9. The third-order valence-electron chi connectivity index (χ3n) is 1.79. The standard InChI is InChI=1S/C10H10BrF3N2O2/c1-6-7(11)2-3-8(15-6)16-9(17)4-18-5-10(12,13)14/h2-3H,4-5H2,1H3,(H,15,16,17). The van der Waals surface area contributed by atoms with E-state index >= 15 is 0 Å². The van der Waals surface area contributed by atoms with Gasteiger partial charge in [0.1, 0.15) is 19.0 Å². The van der Waals surface area contributed by atoms with Gasteiger partial charge in [0.2, 0.25) is 0 Å². The highest BCUT2D eigenvalue weighted by Crippen LogP contribution is 2.16. The number of nitrogens with zero attached hydrogens (tertiary/aromatic N) is 1. The van der Waals surface area contributed by atoms with Gasteiger partial charge < -0.3 is 10.1 Å². The monoisotopic (exact) mass is 326 g/mol. The molecule has 18 heavy (non-hydrogen) atoms. The van der Waals surface area contributed by atoms with Crippen molar-refractivity contribution in [2.24, 2.45) is 0 Å². The lowest BCUT2D eigenvalue weighted by Gasteiger charge is -2.08. The Morgan fingerprint density at radius 3 is 2.72 bits per heavy atom. The fraction of sp³-hybridized carbons (Fsp3) is 0.400. The van der Waals surface area contributed by atoms with E-state index in [0.717, 1.165) is 4.47 Å². The molecule has 0 spiro atoms. The number of ether oxygens (including phenoxy) is 1. The first-order valence-electron chi connectivity index (χ1n) is 4.85. The molecule has 1 amide bonds. The molecule has 0 radical (unpaired) electrons. The molecule has 100 valence electrons. The number of pyridine rings is 1. The number of alkyl halides is 3. The van der Waals surface area contributed by atoms with Crippen molar-refractivity contribution in [1.29, 1.82) is 0 Å². The summed E-state index contributed by atoms with van der Waals surface area (Å²) in [5, 5.41) is 2.33. The van der Waals surface area contributed by atoms with Crippen LogP contribution in [0.2, 0.25) is 0 Å². The lowest BCUT2D eigenvalue weighted by molar-refractivity contribution is -0.174. The van der Waals surface area contributed by atoms with Crippen LogP contribution in [0.5, 0.6) is 0 Å². The molecular formula is C10H10BrF3N2O2. The Balaban J connectivity index is 2.42. The predicted molar refractivity (Wildman–Crippen MR) is 62.2 cm³/mol. The van der Waals surface area contributed by atoms with Crippen LogP contribution in [0.1, 0.15) is 5.69 Å². The van der Waals surface area contributed by atoms with Gasteiger partial charge in [0.15, 0.2) is 0 Å². The molecule has 1 aromatic heterocycles. The molecular weight excluding hydrogens is 317 g/mol. The number of hydrogen-bond acceptors (Lipinski definition) is 3. The second kappa shape index (κ2) is 6.14. The molecule has 0 aromatic carbocycles. The third kappa shape index (κ3) is 5.46. The first-order chi connectivity index (χ1) is 8.28. The Labute approximate surface area is 110 Å². The number of anilines is 1. The van der Waals surface area contributed by atoms with Crippen LogP contribution in [0.3, 0.4) is 0 Å². The smallest absolute Gasteiger partial charge is 0.362 e. The van der Waals surface area contributed by atoms with Gasteiger partial charge >= 0.3 is 6.18 Å². The highest BCUT2D eigenvalue weighted by atomic mass is 79.9. The molecule has 0 atom stereocenters. The van der Waals surface area contributed by atoms with Crippen LogP contribution in [-0.4, -0.2) is 30.3 Å². The average molecular weight is 327 g/mol. The Hall–Kier alpha value is -1.15. The van der Waals surface area contributed by atoms with Crippen molar-refractivity contribution in [3.05, 3.63) is 22.3 Å². The number of amides is 1. The van der Waals surface area contributed by atoms with Crippen molar-refractivity contribution >= 4 is 27.7 Å². The van der Waals surface area contributed by atoms with E-state index < -0.39 is 25.3 Å². The normalized spacial score (nSPS) is 11.4. The van der Waals surface area contributed by atoms with Gasteiger partial charge in [-0.1, -0.05) is 0 Å². The molecule has 1 aromatic rings. The molecule has 0 unspecified atom stereocenters. The van der Waals surface area contributed by atoms with E-state index in [1.165, 1.54) is 6.07 Å². The highest BCUT2D eigenvalue weighted by Gasteiger charge is 2.27. The van der Waals surface area contributed by atoms with Crippen molar-refractivity contribution in [2.75, 3.05) is 18.5 Å². The summed E-state index contributed by atoms with van der Waals surface area (Å²) in [5.74, 6) is -0.426. The fourth-order valence-electron chi connectivity index (χ4n) is 1.05. The molecule has 4 nitrogen and oxygen atoms in total. The van der Waals surface area contributed by atoms with Gasteiger partial charge in [-0.05, 0) is 35.0 Å². The van der Waals surface area contributed by atoms with Crippen molar-refractivity contribution in [3.8, 4) is 0 Å². The number of halogens is 4. The van der Waals surface area contributed by atoms with Crippen LogP contribution in [0, 0.1) is 6.92 Å². The van der Waals surface area contributed by atoms with Gasteiger partial charge in [0, 0.05) is 4.47 Å². The van der Waals surface area contributed by atoms with E-state index in [0.29, 0.717) is 5.69 Å². The van der Waals surface area contributed by atoms with Crippen molar-refractivity contribution in [1.82, 2.24) is 4.98 Å². The van der Waals surface area contributed by atoms with E-state index in [-0.39, 0.29) is 5.82 Å². The third-order valence-corrected chi connectivity index (χ3v) is 2.63. The van der Waals surface area contributed by atoms with Gasteiger partial charge in [-0.15, -0.1) is 0 Å². The molecule has 1 heterocycles. The van der Waals surface area contributed by atoms with Crippen molar-refractivity contribution in [2.45, 2.75) is 13.1 Å². The average Bonchev–Trinajstić information content (AvgIpc) is 2.21. The summed E-state index contributed by atoms with van der Waals surface area (Å²) in [5.41, 5.74) is 0.656. The summed E-state index contributed by atoms with van der Waals surface area (Å²) in [6.45, 7) is -0.399. The molecule has 1 rings (SSSR count). The number of aryl methyl sites for hydroxylation is 1. The molecule has 0 fully saturated rings. The minimum Gasteiger partial charge on any atom is -0.362 e. The molecule has 0 saturated heterocycles. The molecule has 0 aliphatic heterocycles. The van der Waals surface area contributed by atoms with Crippen molar-refractivity contribution < 1.29 is 22.7 Å². The maximum Gasteiger partial charge on any atom is 0.411 e. The Morgan fingerprint density at radius 1 is 1.50 bits per heavy atom. The molecule has 1 N–H and O–H groups in total. The summed E-state index contributed by atoms with van der Waals surface area (Å²) < 4.78 is 40.3. The van der Waals surface area contributed by atoms with Gasteiger partial charge in [-0.2, -0.15) is 13.2 Å². The lowest BCUT2D eigenvalue weighted by atomic mass is 10.4. The number of hydrogen-bond donors (Lipinski definition) is 1. The summed E-state index contributed by atoms with van der Waals surface area (Å²) in [7, 11) is 0. The summed E-state index contributed by atoms with van der Waals surface area (Å²) in [6, 6.07) is 3.20. The van der Waals surface area contributed by atoms with Gasteiger partial charge in [-0.3, -0.25) is 4.79 Å². The number of rotatable bonds is 4. The fourth-order valence-corrected chi connectivity index (χ4v) is 1.27. The van der Waals surface area contributed by atoms with Gasteiger partial charge in [0.05, 0.1) is 5.69 Å². The van der Waals surface area contributed by atoms with Gasteiger partial charge in [-0.25, -0.2) is 4.98 Å². The minimum absolute atomic E-state index is 0.260. The molecule has 0 aliphatic rings. The van der Waals surface area contributed by atoms with E-state index in [2.05, 4.69) is 31.0 Å². The van der Waals surface area contributed by atoms with Crippen LogP contribution < -0.4 is 5.32 Å². The highest BCUT2D eigenvalue weighted by molar-refractivity contribution is 9.10. The summed E-state index contributed by atoms with van der Waals surface area (Å²) in [4.78, 5) is 15.3. The number of carbonyl (C=O) groups excluding carboxylic acids is 1. The molecule has 0 bridgehead atoms. The number of nitrogens with one attached hydrogen (secondary N) is 1. The van der Waals surface area contributed by atoms with E-state index in [1.807, 2.05) is 0 Å². The van der Waals surface area contributed by atoms with Gasteiger partial charge in [0.25, 0.3) is 5.91 Å². The second-order valence-corrected chi connectivity index (χ2v) is 4.27. The zero-order valence-corrected chi connectivity index (χ0v) is 10.9. The van der Waals surface area contributed by atoms with Crippen LogP contribution in [0.4, 0.5) is 19.0 Å². The topological polar surface area (TPSA) is 51.2 Å². The molecule has 0 aliphatic carbocycles. The van der Waals surface area contributed by atoms with Crippen molar-refractivity contribution in [3.63, 3.8) is 0 Å². The summed E-state index contributed by atoms with van der Waals surface area (Å²) in [6.07, 6.45) is -4.44. The SMILES string of the molecule is Cc1nc(NC(=O)COCC(F)(F)F)ccc1Br. The van der Waals surface area contributed by atoms with Crippen LogP contribution in [0.25, 0.3) is 0 Å². The second-order valence-electron chi connectivity index (χ2n) is 3.42. The Morgan fingerprint density at radius 2 is 2.17 bits per heavy atom. The lowest BCUT2D eigenvalue weighted by Crippen LogP contribution is -2.24. The maximum absolute atomic E-state index is 11.8. The zero-order valence-electron chi connectivity index (χ0n) is 9.34. The quantitative estimate of drug-likeness (QED) is 0.925. The first-order valence-corrected chi connectivity index (χ1v) is 5.65. The maximum atomic E-state index is 11.8. The number of aromatic nitrogens is 1. The Bertz CT molecular complexity index is 438. The minimum atomic E-state index is -4.44. The zero-order chi connectivity index (χ0) is 13.8. The largest absolute Gasteiger partial charge is 0.411 e. The van der Waals surface area contributed by atoms with E-state index in [9.17, 15) is 18.0 Å². The molecule has 8 heteroatoms. The van der Waals surface area contributed by atoms with E-state index in [1.54, 1.807) is 13.0 Å². The van der Waals surface area contributed by atoms with Crippen LogP contribution in [0.15, 0.2) is 16.6 Å². The number of carbonyl (C=O) groups is 1. The van der Waals surface area contributed by atoms with Crippen LogP contribution in [-0.2, 0) is 9.53 Å². The van der Waals surface area contributed by atoms with E-state index in [4.69, 9.17) is 0 Å². The summed E-state index contributed by atoms with van der Waals surface area (Å²) >= 11 is 3.23. The predicted octanol–water partition coefficient (Wildman–Crippen LogP) is 2.67. The molecule has 0 saturated carbocycles. The van der Waals surface area contributed by atoms with Crippen LogP contribution >= 0.6 is 15.9 Å².